The largest absolute Gasteiger partial charge is 0.478 e. The molecular formula is C11H16O4. The summed E-state index contributed by atoms with van der Waals surface area (Å²) in [5.74, 6) is -1.36. The van der Waals surface area contributed by atoms with Crippen LogP contribution >= 0.6 is 0 Å². The second-order valence-electron chi connectivity index (χ2n) is 4.94. The van der Waals surface area contributed by atoms with E-state index >= 15 is 0 Å². The lowest BCUT2D eigenvalue weighted by Crippen LogP contribution is -2.40. The van der Waals surface area contributed by atoms with Crippen LogP contribution in [0.15, 0.2) is 0 Å². The van der Waals surface area contributed by atoms with Crippen molar-refractivity contribution in [2.24, 2.45) is 17.8 Å². The highest BCUT2D eigenvalue weighted by atomic mass is 16.6. The number of carboxylic acids is 1. The molecule has 2 atom stereocenters. The first-order chi connectivity index (χ1) is 6.97. The first-order valence-electron chi connectivity index (χ1n) is 5.43. The summed E-state index contributed by atoms with van der Waals surface area (Å²) in [6.45, 7) is 3.85. The molecule has 4 nitrogen and oxygen atoms in total. The predicted octanol–water partition coefficient (Wildman–Crippen LogP) is 1.44. The molecule has 2 unspecified atom stereocenters. The summed E-state index contributed by atoms with van der Waals surface area (Å²) < 4.78 is 5.17. The van der Waals surface area contributed by atoms with E-state index < -0.39 is 11.6 Å². The third-order valence-corrected chi connectivity index (χ3v) is 3.51. The number of cyclic esters (lactones) is 1. The van der Waals surface area contributed by atoms with Crippen molar-refractivity contribution in [2.75, 3.05) is 0 Å². The van der Waals surface area contributed by atoms with Crippen LogP contribution in [-0.2, 0) is 14.3 Å². The van der Waals surface area contributed by atoms with E-state index in [0.29, 0.717) is 6.42 Å². The SMILES string of the molecule is CC(C)C1CC(C(=O)O)(C2CC2)OC1=O. The molecule has 1 aliphatic heterocycles. The van der Waals surface area contributed by atoms with Crippen LogP contribution in [0.25, 0.3) is 0 Å². The number of hydrogen-bond donors (Lipinski definition) is 1. The van der Waals surface area contributed by atoms with Gasteiger partial charge in [-0.3, -0.25) is 4.79 Å². The zero-order valence-electron chi connectivity index (χ0n) is 9.03. The van der Waals surface area contributed by atoms with Crippen molar-refractivity contribution < 1.29 is 19.4 Å². The fraction of sp³-hybridized carbons (Fsp3) is 0.818. The van der Waals surface area contributed by atoms with Crippen LogP contribution in [0, 0.1) is 17.8 Å². The second kappa shape index (κ2) is 3.22. The van der Waals surface area contributed by atoms with Gasteiger partial charge < -0.3 is 9.84 Å². The average molecular weight is 212 g/mol. The Morgan fingerprint density at radius 2 is 2.13 bits per heavy atom. The number of hydrogen-bond acceptors (Lipinski definition) is 3. The Bertz CT molecular complexity index is 306. The van der Waals surface area contributed by atoms with Gasteiger partial charge in [-0.05, 0) is 18.8 Å². The smallest absolute Gasteiger partial charge is 0.348 e. The van der Waals surface area contributed by atoms with E-state index in [2.05, 4.69) is 0 Å². The van der Waals surface area contributed by atoms with E-state index in [9.17, 15) is 14.7 Å². The van der Waals surface area contributed by atoms with Gasteiger partial charge in [-0.25, -0.2) is 4.79 Å². The van der Waals surface area contributed by atoms with Gasteiger partial charge in [-0.1, -0.05) is 13.8 Å². The second-order valence-corrected chi connectivity index (χ2v) is 4.94. The van der Waals surface area contributed by atoms with Crippen LogP contribution in [0.2, 0.25) is 0 Å². The zero-order chi connectivity index (χ0) is 11.2. The summed E-state index contributed by atoms with van der Waals surface area (Å²) >= 11 is 0. The maximum atomic E-state index is 11.6. The van der Waals surface area contributed by atoms with E-state index in [0.717, 1.165) is 12.8 Å². The minimum absolute atomic E-state index is 0.0442. The molecule has 1 saturated heterocycles. The van der Waals surface area contributed by atoms with Gasteiger partial charge in [0.05, 0.1) is 5.92 Å². The maximum Gasteiger partial charge on any atom is 0.348 e. The third kappa shape index (κ3) is 1.52. The lowest BCUT2D eigenvalue weighted by atomic mass is 9.84. The standard InChI is InChI=1S/C11H16O4/c1-6(2)8-5-11(10(13)14,7-3-4-7)15-9(8)12/h6-8H,3-5H2,1-2H3,(H,13,14). The van der Waals surface area contributed by atoms with Gasteiger partial charge in [0.1, 0.15) is 0 Å². The summed E-state index contributed by atoms with van der Waals surface area (Å²) in [4.78, 5) is 22.8. The number of carboxylic acid groups (broad SMARTS) is 1. The molecule has 0 aromatic rings. The summed E-state index contributed by atoms with van der Waals surface area (Å²) in [5, 5.41) is 9.21. The van der Waals surface area contributed by atoms with Gasteiger partial charge in [0, 0.05) is 12.3 Å². The summed E-state index contributed by atoms with van der Waals surface area (Å²) in [6.07, 6.45) is 2.08. The zero-order valence-corrected chi connectivity index (χ0v) is 9.03. The van der Waals surface area contributed by atoms with E-state index in [1.165, 1.54) is 0 Å². The first-order valence-corrected chi connectivity index (χ1v) is 5.43. The monoisotopic (exact) mass is 212 g/mol. The number of rotatable bonds is 3. The van der Waals surface area contributed by atoms with Crippen LogP contribution in [0.1, 0.15) is 33.1 Å². The summed E-state index contributed by atoms with van der Waals surface area (Å²) in [5.41, 5.74) is -1.20. The summed E-state index contributed by atoms with van der Waals surface area (Å²) in [7, 11) is 0. The van der Waals surface area contributed by atoms with Crippen LogP contribution in [0.4, 0.5) is 0 Å². The normalized spacial score (nSPS) is 35.7. The highest BCUT2D eigenvalue weighted by Crippen LogP contribution is 2.50. The molecule has 0 spiro atoms. The molecule has 2 fully saturated rings. The van der Waals surface area contributed by atoms with Gasteiger partial charge in [0.2, 0.25) is 5.60 Å². The van der Waals surface area contributed by atoms with Gasteiger partial charge >= 0.3 is 11.9 Å². The van der Waals surface area contributed by atoms with Crippen LogP contribution in [0.3, 0.4) is 0 Å². The number of carbonyl (C=O) groups excluding carboxylic acids is 1. The van der Waals surface area contributed by atoms with E-state index in [-0.39, 0.29) is 23.7 Å². The van der Waals surface area contributed by atoms with Crippen molar-refractivity contribution in [3.8, 4) is 0 Å². The van der Waals surface area contributed by atoms with Gasteiger partial charge in [-0.15, -0.1) is 0 Å². The molecule has 2 aliphatic rings. The molecule has 0 aromatic heterocycles. The predicted molar refractivity (Wildman–Crippen MR) is 52.1 cm³/mol. The molecule has 1 heterocycles. The molecule has 1 N–H and O–H groups in total. The van der Waals surface area contributed by atoms with Gasteiger partial charge in [0.25, 0.3) is 0 Å². The van der Waals surface area contributed by atoms with Crippen molar-refractivity contribution in [3.63, 3.8) is 0 Å². The van der Waals surface area contributed by atoms with Gasteiger partial charge in [-0.2, -0.15) is 0 Å². The minimum Gasteiger partial charge on any atom is -0.478 e. The lowest BCUT2D eigenvalue weighted by molar-refractivity contribution is -0.172. The first kappa shape index (κ1) is 10.5. The lowest BCUT2D eigenvalue weighted by Gasteiger charge is -2.22. The number of carbonyl (C=O) groups is 2. The molecule has 4 heteroatoms. The number of esters is 1. The van der Waals surface area contributed by atoms with Crippen molar-refractivity contribution in [1.29, 1.82) is 0 Å². The highest BCUT2D eigenvalue weighted by molar-refractivity contribution is 5.87. The van der Waals surface area contributed by atoms with Crippen LogP contribution in [0.5, 0.6) is 0 Å². The molecule has 0 radical (unpaired) electrons. The third-order valence-electron chi connectivity index (χ3n) is 3.51. The molecule has 0 aromatic carbocycles. The Hall–Kier alpha value is -1.06. The molecular weight excluding hydrogens is 196 g/mol. The Morgan fingerprint density at radius 1 is 1.53 bits per heavy atom. The molecule has 1 aliphatic carbocycles. The Balaban J connectivity index is 2.23. The topological polar surface area (TPSA) is 63.6 Å². The molecule has 84 valence electrons. The molecule has 15 heavy (non-hydrogen) atoms. The van der Waals surface area contributed by atoms with Crippen LogP contribution in [-0.4, -0.2) is 22.6 Å². The average Bonchev–Trinajstić information content (AvgIpc) is 2.90. The van der Waals surface area contributed by atoms with Crippen molar-refractivity contribution >= 4 is 11.9 Å². The van der Waals surface area contributed by atoms with Crippen molar-refractivity contribution in [1.82, 2.24) is 0 Å². The van der Waals surface area contributed by atoms with E-state index in [1.807, 2.05) is 13.8 Å². The fourth-order valence-corrected chi connectivity index (χ4v) is 2.32. The van der Waals surface area contributed by atoms with E-state index in [1.54, 1.807) is 0 Å². The quantitative estimate of drug-likeness (QED) is 0.719. The Morgan fingerprint density at radius 3 is 2.47 bits per heavy atom. The Kier molecular flexibility index (Phi) is 2.24. The fourth-order valence-electron chi connectivity index (χ4n) is 2.32. The van der Waals surface area contributed by atoms with Crippen LogP contribution < -0.4 is 0 Å². The van der Waals surface area contributed by atoms with E-state index in [4.69, 9.17) is 4.74 Å². The minimum atomic E-state index is -1.20. The molecule has 1 saturated carbocycles. The van der Waals surface area contributed by atoms with Gasteiger partial charge in [0.15, 0.2) is 0 Å². The molecule has 0 amide bonds. The van der Waals surface area contributed by atoms with Crippen molar-refractivity contribution in [3.05, 3.63) is 0 Å². The maximum absolute atomic E-state index is 11.6. The van der Waals surface area contributed by atoms with Crippen molar-refractivity contribution in [2.45, 2.75) is 38.7 Å². The number of ether oxygens (including phenoxy) is 1. The summed E-state index contributed by atoms with van der Waals surface area (Å²) in [6, 6.07) is 0. The number of aliphatic carboxylic acids is 1. The highest BCUT2D eigenvalue weighted by Gasteiger charge is 2.61. The molecule has 2 rings (SSSR count). The molecule has 0 bridgehead atoms. The Labute approximate surface area is 88.6 Å².